The molecule has 7 nitrogen and oxygen atoms in total. The van der Waals surface area contributed by atoms with Crippen molar-refractivity contribution in [3.63, 3.8) is 0 Å². The van der Waals surface area contributed by atoms with Crippen molar-refractivity contribution in [1.82, 2.24) is 24.3 Å². The minimum atomic E-state index is -0.847. The smallest absolute Gasteiger partial charge is 0.277 e. The SMILES string of the molecule is Cc1cnc(-n2cccn2)cc1-n1c(C)cc(OCc2ncc(F)cc2F)c(Cl)c1=O. The van der Waals surface area contributed by atoms with Crippen LogP contribution >= 0.6 is 11.6 Å². The highest BCUT2D eigenvalue weighted by Gasteiger charge is 2.17. The number of halogens is 3. The van der Waals surface area contributed by atoms with Gasteiger partial charge in [-0.2, -0.15) is 5.10 Å². The molecule has 0 fully saturated rings. The zero-order valence-electron chi connectivity index (χ0n) is 16.5. The molecule has 0 amide bonds. The Morgan fingerprint density at radius 1 is 1.13 bits per heavy atom. The van der Waals surface area contributed by atoms with Crippen LogP contribution in [0.25, 0.3) is 11.5 Å². The summed E-state index contributed by atoms with van der Waals surface area (Å²) in [6.45, 7) is 3.23. The van der Waals surface area contributed by atoms with E-state index in [1.165, 1.54) is 4.57 Å². The molecule has 0 aromatic carbocycles. The first-order valence-corrected chi connectivity index (χ1v) is 9.55. The summed E-state index contributed by atoms with van der Waals surface area (Å²) in [4.78, 5) is 21.1. The van der Waals surface area contributed by atoms with Gasteiger partial charge in [-0.15, -0.1) is 0 Å². The number of aryl methyl sites for hydroxylation is 2. The Labute approximate surface area is 180 Å². The van der Waals surface area contributed by atoms with Crippen LogP contribution in [0.5, 0.6) is 5.75 Å². The maximum Gasteiger partial charge on any atom is 0.277 e. The quantitative estimate of drug-likeness (QED) is 0.467. The lowest BCUT2D eigenvalue weighted by molar-refractivity contribution is 0.292. The van der Waals surface area contributed by atoms with E-state index in [1.807, 2.05) is 6.92 Å². The Morgan fingerprint density at radius 2 is 1.94 bits per heavy atom. The van der Waals surface area contributed by atoms with Gasteiger partial charge in [-0.3, -0.25) is 14.3 Å². The van der Waals surface area contributed by atoms with Crippen LogP contribution in [-0.4, -0.2) is 24.3 Å². The van der Waals surface area contributed by atoms with Crippen molar-refractivity contribution in [3.05, 3.63) is 93.0 Å². The molecule has 0 bridgehead atoms. The lowest BCUT2D eigenvalue weighted by atomic mass is 10.2. The number of hydrogen-bond donors (Lipinski definition) is 0. The van der Waals surface area contributed by atoms with Gasteiger partial charge < -0.3 is 4.74 Å². The minimum Gasteiger partial charge on any atom is -0.485 e. The van der Waals surface area contributed by atoms with E-state index in [-0.39, 0.29) is 23.1 Å². The van der Waals surface area contributed by atoms with Crippen molar-refractivity contribution < 1.29 is 13.5 Å². The molecule has 0 saturated heterocycles. The third-order valence-corrected chi connectivity index (χ3v) is 4.94. The molecule has 0 N–H and O–H groups in total. The fraction of sp³-hybridized carbons (Fsp3) is 0.143. The van der Waals surface area contributed by atoms with Crippen LogP contribution in [0.4, 0.5) is 8.78 Å². The number of ether oxygens (including phenoxy) is 1. The molecule has 4 heterocycles. The molecule has 0 unspecified atom stereocenters. The highest BCUT2D eigenvalue weighted by Crippen LogP contribution is 2.26. The van der Waals surface area contributed by atoms with Crippen LogP contribution in [0.15, 0.2) is 53.8 Å². The molecule has 4 aromatic heterocycles. The largest absolute Gasteiger partial charge is 0.485 e. The molecule has 0 aliphatic heterocycles. The molecule has 0 spiro atoms. The fourth-order valence-electron chi connectivity index (χ4n) is 3.05. The molecular formula is C21H16ClF2N5O2. The Hall–Kier alpha value is -3.59. The predicted molar refractivity (Wildman–Crippen MR) is 110 cm³/mol. The molecule has 10 heteroatoms. The van der Waals surface area contributed by atoms with Gasteiger partial charge in [-0.05, 0) is 25.5 Å². The summed E-state index contributed by atoms with van der Waals surface area (Å²) < 4.78 is 35.3. The summed E-state index contributed by atoms with van der Waals surface area (Å²) in [6.07, 6.45) is 5.89. The molecule has 0 atom stereocenters. The van der Waals surface area contributed by atoms with Crippen LogP contribution in [0.2, 0.25) is 5.02 Å². The van der Waals surface area contributed by atoms with E-state index in [0.29, 0.717) is 23.3 Å². The second-order valence-corrected chi connectivity index (χ2v) is 7.13. The molecule has 4 aromatic rings. The maximum absolute atomic E-state index is 13.8. The average Bonchev–Trinajstić information content (AvgIpc) is 3.27. The minimum absolute atomic E-state index is 0.0740. The Morgan fingerprint density at radius 3 is 2.65 bits per heavy atom. The first-order chi connectivity index (χ1) is 14.8. The summed E-state index contributed by atoms with van der Waals surface area (Å²) in [5, 5.41) is 3.98. The van der Waals surface area contributed by atoms with E-state index in [2.05, 4.69) is 15.1 Å². The molecule has 4 rings (SSSR count). The number of rotatable bonds is 5. The van der Waals surface area contributed by atoms with E-state index in [9.17, 15) is 13.6 Å². The number of pyridine rings is 3. The van der Waals surface area contributed by atoms with Crippen LogP contribution in [0, 0.1) is 25.5 Å². The Kier molecular flexibility index (Phi) is 5.51. The number of hydrogen-bond acceptors (Lipinski definition) is 5. The van der Waals surface area contributed by atoms with E-state index < -0.39 is 17.2 Å². The van der Waals surface area contributed by atoms with Crippen molar-refractivity contribution in [2.75, 3.05) is 0 Å². The summed E-state index contributed by atoms with van der Waals surface area (Å²) in [6, 6.07) is 5.77. The zero-order valence-corrected chi connectivity index (χ0v) is 17.3. The van der Waals surface area contributed by atoms with E-state index in [1.54, 1.807) is 48.4 Å². The first kappa shape index (κ1) is 20.7. The van der Waals surface area contributed by atoms with Gasteiger partial charge in [0.25, 0.3) is 5.56 Å². The van der Waals surface area contributed by atoms with E-state index in [0.717, 1.165) is 11.8 Å². The van der Waals surface area contributed by atoms with Crippen LogP contribution in [0.3, 0.4) is 0 Å². The van der Waals surface area contributed by atoms with Crippen LogP contribution in [-0.2, 0) is 6.61 Å². The van der Waals surface area contributed by atoms with E-state index >= 15 is 0 Å². The third-order valence-electron chi connectivity index (χ3n) is 4.59. The normalized spacial score (nSPS) is 11.0. The summed E-state index contributed by atoms with van der Waals surface area (Å²) >= 11 is 6.28. The van der Waals surface area contributed by atoms with Gasteiger partial charge in [0.05, 0.1) is 11.9 Å². The van der Waals surface area contributed by atoms with Gasteiger partial charge in [0.15, 0.2) is 11.6 Å². The van der Waals surface area contributed by atoms with Crippen molar-refractivity contribution in [1.29, 1.82) is 0 Å². The average molecular weight is 444 g/mol. The van der Waals surface area contributed by atoms with Gasteiger partial charge in [-0.25, -0.2) is 18.4 Å². The van der Waals surface area contributed by atoms with Crippen LogP contribution < -0.4 is 10.3 Å². The van der Waals surface area contributed by atoms with Crippen molar-refractivity contribution in [3.8, 4) is 17.3 Å². The predicted octanol–water partition coefficient (Wildman–Crippen LogP) is 3.94. The van der Waals surface area contributed by atoms with Crippen molar-refractivity contribution in [2.45, 2.75) is 20.5 Å². The fourth-order valence-corrected chi connectivity index (χ4v) is 3.25. The Balaban J connectivity index is 1.71. The summed E-state index contributed by atoms with van der Waals surface area (Å²) in [5.74, 6) is -1.03. The zero-order chi connectivity index (χ0) is 22.1. The number of nitrogens with zero attached hydrogens (tertiary/aromatic N) is 5. The molecule has 158 valence electrons. The standard InChI is InChI=1S/C21H16ClF2N5O2/c1-12-9-26-19(28-5-3-4-27-28)8-17(12)29-13(2)6-18(20(22)21(29)30)31-11-16-15(24)7-14(23)10-25-16/h3-10H,11H2,1-2H3. The number of aromatic nitrogens is 5. The van der Waals surface area contributed by atoms with Crippen LogP contribution in [0.1, 0.15) is 17.0 Å². The van der Waals surface area contributed by atoms with Gasteiger partial charge >= 0.3 is 0 Å². The summed E-state index contributed by atoms with van der Waals surface area (Å²) in [5.41, 5.74) is 1.27. The lowest BCUT2D eigenvalue weighted by Crippen LogP contribution is -2.23. The molecular weight excluding hydrogens is 428 g/mol. The van der Waals surface area contributed by atoms with Crippen molar-refractivity contribution >= 4 is 11.6 Å². The molecule has 0 saturated carbocycles. The lowest BCUT2D eigenvalue weighted by Gasteiger charge is -2.16. The van der Waals surface area contributed by atoms with E-state index in [4.69, 9.17) is 16.3 Å². The maximum atomic E-state index is 13.8. The van der Waals surface area contributed by atoms with Gasteiger partial charge in [-0.1, -0.05) is 11.6 Å². The molecule has 0 radical (unpaired) electrons. The topological polar surface area (TPSA) is 74.8 Å². The second-order valence-electron chi connectivity index (χ2n) is 6.75. The first-order valence-electron chi connectivity index (χ1n) is 9.17. The molecule has 31 heavy (non-hydrogen) atoms. The Bertz CT molecular complexity index is 1320. The van der Waals surface area contributed by atoms with Gasteiger partial charge in [0.2, 0.25) is 0 Å². The summed E-state index contributed by atoms with van der Waals surface area (Å²) in [7, 11) is 0. The monoisotopic (exact) mass is 443 g/mol. The highest BCUT2D eigenvalue weighted by molar-refractivity contribution is 6.31. The third kappa shape index (κ3) is 4.04. The van der Waals surface area contributed by atoms with Gasteiger partial charge in [0.1, 0.15) is 28.9 Å². The molecule has 0 aliphatic carbocycles. The highest BCUT2D eigenvalue weighted by atomic mass is 35.5. The second kappa shape index (κ2) is 8.27. The van der Waals surface area contributed by atoms with Gasteiger partial charge in [0, 0.05) is 42.5 Å². The molecule has 0 aliphatic rings. The van der Waals surface area contributed by atoms with Crippen molar-refractivity contribution in [2.24, 2.45) is 0 Å².